The minimum absolute atomic E-state index is 0.0744. The van der Waals surface area contributed by atoms with Gasteiger partial charge < -0.3 is 14.8 Å². The maximum absolute atomic E-state index is 13.6. The van der Waals surface area contributed by atoms with Crippen LogP contribution in [0.3, 0.4) is 0 Å². The summed E-state index contributed by atoms with van der Waals surface area (Å²) in [5, 5.41) is 3.13. The lowest BCUT2D eigenvalue weighted by atomic mass is 10.3. The van der Waals surface area contributed by atoms with Crippen molar-refractivity contribution in [2.24, 2.45) is 0 Å². The van der Waals surface area contributed by atoms with E-state index in [9.17, 15) is 9.18 Å². The first-order valence-electron chi connectivity index (χ1n) is 7.19. The molecule has 7 heteroatoms. The number of para-hydroxylation sites is 1. The van der Waals surface area contributed by atoms with Crippen LogP contribution in [0, 0.1) is 5.82 Å². The van der Waals surface area contributed by atoms with Crippen LogP contribution in [0.5, 0.6) is 5.75 Å². The van der Waals surface area contributed by atoms with Gasteiger partial charge >= 0.3 is 0 Å². The monoisotopic (exact) mass is 369 g/mol. The highest BCUT2D eigenvalue weighted by Gasteiger charge is 2.12. The second-order valence-electron chi connectivity index (χ2n) is 4.73. The quantitative estimate of drug-likeness (QED) is 0.558. The first-order valence-corrected chi connectivity index (χ1v) is 8.55. The average molecular weight is 370 g/mol. The van der Waals surface area contributed by atoms with Gasteiger partial charge in [0, 0.05) is 12.0 Å². The number of methoxy groups -OCH3 is 1. The molecule has 128 valence electrons. The van der Waals surface area contributed by atoms with Crippen molar-refractivity contribution in [2.45, 2.75) is 4.90 Å². The lowest BCUT2D eigenvalue weighted by Crippen LogP contribution is -2.15. The van der Waals surface area contributed by atoms with Crippen molar-refractivity contribution in [1.82, 2.24) is 0 Å². The molecule has 0 heterocycles. The van der Waals surface area contributed by atoms with Crippen molar-refractivity contribution in [1.29, 1.82) is 0 Å². The Balaban J connectivity index is 1.98. The van der Waals surface area contributed by atoms with E-state index in [2.05, 4.69) is 5.32 Å². The summed E-state index contributed by atoms with van der Waals surface area (Å²) in [6.45, 7) is 0.717. The summed E-state index contributed by atoms with van der Waals surface area (Å²) in [6.07, 6.45) is 0. The number of hydrogen-bond acceptors (Lipinski definition) is 4. The number of thioether (sulfide) groups is 1. The summed E-state index contributed by atoms with van der Waals surface area (Å²) >= 11 is 7.24. The predicted molar refractivity (Wildman–Crippen MR) is 94.6 cm³/mol. The molecule has 0 radical (unpaired) electrons. The Bertz CT molecular complexity index is 699. The van der Waals surface area contributed by atoms with Gasteiger partial charge in [0.05, 0.1) is 23.1 Å². The second-order valence-corrected chi connectivity index (χ2v) is 6.15. The molecule has 24 heavy (non-hydrogen) atoms. The molecule has 2 aromatic carbocycles. The van der Waals surface area contributed by atoms with E-state index in [0.29, 0.717) is 34.6 Å². The highest BCUT2D eigenvalue weighted by molar-refractivity contribution is 8.00. The number of benzene rings is 2. The first kappa shape index (κ1) is 18.6. The first-order chi connectivity index (χ1) is 11.6. The standard InChI is InChI=1S/C17H17ClFNO3S/c1-22-9-10-23-17-12(18)5-4-7-14(17)20-16(21)11-24-15-8-3-2-6-13(15)19/h2-8H,9-11H2,1H3,(H,20,21). The summed E-state index contributed by atoms with van der Waals surface area (Å²) in [5.74, 6) is -0.158. The molecule has 0 unspecified atom stereocenters. The molecule has 0 saturated carbocycles. The fourth-order valence-electron chi connectivity index (χ4n) is 1.87. The molecular weight excluding hydrogens is 353 g/mol. The zero-order valence-electron chi connectivity index (χ0n) is 13.1. The minimum atomic E-state index is -0.346. The molecule has 4 nitrogen and oxygen atoms in total. The number of carbonyl (C=O) groups is 1. The van der Waals surface area contributed by atoms with Crippen molar-refractivity contribution < 1.29 is 18.7 Å². The van der Waals surface area contributed by atoms with Crippen molar-refractivity contribution in [3.05, 3.63) is 53.3 Å². The maximum Gasteiger partial charge on any atom is 0.234 e. The topological polar surface area (TPSA) is 47.6 Å². The highest BCUT2D eigenvalue weighted by atomic mass is 35.5. The van der Waals surface area contributed by atoms with Gasteiger partial charge in [-0.25, -0.2) is 4.39 Å². The zero-order chi connectivity index (χ0) is 17.4. The summed E-state index contributed by atoms with van der Waals surface area (Å²) in [6, 6.07) is 11.4. The van der Waals surface area contributed by atoms with E-state index in [0.717, 1.165) is 11.8 Å². The lowest BCUT2D eigenvalue weighted by Gasteiger charge is -2.13. The largest absolute Gasteiger partial charge is 0.487 e. The predicted octanol–water partition coefficient (Wildman–Crippen LogP) is 4.24. The number of amides is 1. The fourth-order valence-corrected chi connectivity index (χ4v) is 2.84. The molecule has 0 atom stereocenters. The summed E-state index contributed by atoms with van der Waals surface area (Å²) in [7, 11) is 1.57. The molecule has 0 aliphatic heterocycles. The smallest absolute Gasteiger partial charge is 0.234 e. The number of nitrogens with one attached hydrogen (secondary N) is 1. The van der Waals surface area contributed by atoms with Gasteiger partial charge in [-0.15, -0.1) is 11.8 Å². The number of rotatable bonds is 8. The van der Waals surface area contributed by atoms with Gasteiger partial charge in [-0.1, -0.05) is 29.8 Å². The Morgan fingerprint density at radius 1 is 1.21 bits per heavy atom. The van der Waals surface area contributed by atoms with Crippen LogP contribution in [0.25, 0.3) is 0 Å². The molecule has 1 N–H and O–H groups in total. The van der Waals surface area contributed by atoms with Crippen LogP contribution in [0.2, 0.25) is 5.02 Å². The Labute approximate surface area is 149 Å². The minimum Gasteiger partial charge on any atom is -0.487 e. The SMILES string of the molecule is COCCOc1c(Cl)cccc1NC(=O)CSc1ccccc1F. The van der Waals surface area contributed by atoms with Gasteiger partial charge in [0.15, 0.2) is 5.75 Å². The molecule has 0 fully saturated rings. The normalized spacial score (nSPS) is 10.5. The number of ether oxygens (including phenoxy) is 2. The van der Waals surface area contributed by atoms with E-state index in [1.165, 1.54) is 6.07 Å². The number of anilines is 1. The molecule has 0 saturated heterocycles. The Kier molecular flexibility index (Phi) is 7.36. The van der Waals surface area contributed by atoms with Gasteiger partial charge in [-0.05, 0) is 24.3 Å². The molecule has 0 aliphatic rings. The van der Waals surface area contributed by atoms with Crippen molar-refractivity contribution >= 4 is 35.0 Å². The van der Waals surface area contributed by atoms with E-state index < -0.39 is 0 Å². The number of carbonyl (C=O) groups excluding carboxylic acids is 1. The van der Waals surface area contributed by atoms with Crippen LogP contribution in [0.1, 0.15) is 0 Å². The molecule has 2 aromatic rings. The van der Waals surface area contributed by atoms with E-state index in [-0.39, 0.29) is 17.5 Å². The van der Waals surface area contributed by atoms with E-state index in [1.54, 1.807) is 43.5 Å². The Morgan fingerprint density at radius 2 is 2.00 bits per heavy atom. The van der Waals surface area contributed by atoms with Crippen LogP contribution in [0.15, 0.2) is 47.4 Å². The van der Waals surface area contributed by atoms with Crippen LogP contribution in [0.4, 0.5) is 10.1 Å². The van der Waals surface area contributed by atoms with Gasteiger partial charge in [0.25, 0.3) is 0 Å². The molecule has 0 spiro atoms. The van der Waals surface area contributed by atoms with Crippen molar-refractivity contribution in [3.63, 3.8) is 0 Å². The third kappa shape index (κ3) is 5.40. The van der Waals surface area contributed by atoms with Crippen LogP contribution in [-0.2, 0) is 9.53 Å². The molecule has 2 rings (SSSR count). The third-order valence-corrected chi connectivity index (χ3v) is 4.32. The molecule has 0 aliphatic carbocycles. The average Bonchev–Trinajstić information content (AvgIpc) is 2.57. The van der Waals surface area contributed by atoms with E-state index >= 15 is 0 Å². The van der Waals surface area contributed by atoms with Crippen LogP contribution < -0.4 is 10.1 Å². The maximum atomic E-state index is 13.6. The van der Waals surface area contributed by atoms with E-state index in [1.807, 2.05) is 0 Å². The summed E-state index contributed by atoms with van der Waals surface area (Å²) in [5.41, 5.74) is 0.470. The Hall–Kier alpha value is -1.76. The Morgan fingerprint density at radius 3 is 2.75 bits per heavy atom. The summed E-state index contributed by atoms with van der Waals surface area (Å²) < 4.78 is 24.0. The third-order valence-electron chi connectivity index (χ3n) is 2.97. The number of hydrogen-bond donors (Lipinski definition) is 1. The highest BCUT2D eigenvalue weighted by Crippen LogP contribution is 2.33. The van der Waals surface area contributed by atoms with Gasteiger partial charge in [0.2, 0.25) is 5.91 Å². The zero-order valence-corrected chi connectivity index (χ0v) is 14.6. The van der Waals surface area contributed by atoms with E-state index in [4.69, 9.17) is 21.1 Å². The van der Waals surface area contributed by atoms with Gasteiger partial charge in [-0.2, -0.15) is 0 Å². The fraction of sp³-hybridized carbons (Fsp3) is 0.235. The molecule has 0 bridgehead atoms. The molecule has 1 amide bonds. The van der Waals surface area contributed by atoms with Gasteiger partial charge in [-0.3, -0.25) is 4.79 Å². The molecular formula is C17H17ClFNO3S. The number of halogens is 2. The van der Waals surface area contributed by atoms with Gasteiger partial charge in [0.1, 0.15) is 12.4 Å². The van der Waals surface area contributed by atoms with Crippen molar-refractivity contribution in [3.8, 4) is 5.75 Å². The lowest BCUT2D eigenvalue weighted by molar-refractivity contribution is -0.113. The van der Waals surface area contributed by atoms with Crippen molar-refractivity contribution in [2.75, 3.05) is 31.4 Å². The van der Waals surface area contributed by atoms with Crippen LogP contribution >= 0.6 is 23.4 Å². The van der Waals surface area contributed by atoms with Crippen LogP contribution in [-0.4, -0.2) is 32.0 Å². The second kappa shape index (κ2) is 9.52. The summed E-state index contributed by atoms with van der Waals surface area (Å²) in [4.78, 5) is 12.5. The molecule has 0 aromatic heterocycles.